The molecule has 4 N–H and O–H groups in total. The SMILES string of the molecule is Nc1cc(C2(C(=O)O)CC2)ccc1O. The topological polar surface area (TPSA) is 83.6 Å². The van der Waals surface area contributed by atoms with Gasteiger partial charge in [-0.15, -0.1) is 0 Å². The molecule has 1 aromatic carbocycles. The van der Waals surface area contributed by atoms with Crippen LogP contribution in [0.25, 0.3) is 0 Å². The third-order valence-electron chi connectivity index (χ3n) is 2.74. The van der Waals surface area contributed by atoms with Crippen molar-refractivity contribution in [2.24, 2.45) is 0 Å². The highest BCUT2D eigenvalue weighted by atomic mass is 16.4. The minimum atomic E-state index is -0.817. The molecule has 74 valence electrons. The van der Waals surface area contributed by atoms with Gasteiger partial charge in [-0.2, -0.15) is 0 Å². The number of anilines is 1. The van der Waals surface area contributed by atoms with Crippen LogP contribution < -0.4 is 5.73 Å². The molecule has 14 heavy (non-hydrogen) atoms. The molecular weight excluding hydrogens is 182 g/mol. The number of carboxylic acid groups (broad SMARTS) is 1. The van der Waals surface area contributed by atoms with Crippen LogP contribution in [0.3, 0.4) is 0 Å². The Hall–Kier alpha value is -1.71. The molecule has 1 aromatic rings. The number of benzene rings is 1. The first-order valence-electron chi connectivity index (χ1n) is 4.39. The fourth-order valence-corrected chi connectivity index (χ4v) is 1.60. The van der Waals surface area contributed by atoms with Gasteiger partial charge in [0.25, 0.3) is 0 Å². The number of nitrogen functional groups attached to an aromatic ring is 1. The first-order valence-corrected chi connectivity index (χ1v) is 4.39. The van der Waals surface area contributed by atoms with E-state index >= 15 is 0 Å². The Bertz CT molecular complexity index is 396. The molecule has 1 aliphatic rings. The second-order valence-corrected chi connectivity index (χ2v) is 3.66. The molecule has 0 bridgehead atoms. The van der Waals surface area contributed by atoms with Crippen LogP contribution in [0.5, 0.6) is 5.75 Å². The number of hydrogen-bond acceptors (Lipinski definition) is 3. The standard InChI is InChI=1S/C10H11NO3/c11-7-5-6(1-2-8(7)12)10(3-4-10)9(13)14/h1-2,5,12H,3-4,11H2,(H,13,14). The van der Waals surface area contributed by atoms with Crippen LogP contribution in [0.2, 0.25) is 0 Å². The van der Waals surface area contributed by atoms with Gasteiger partial charge in [0.2, 0.25) is 0 Å². The highest BCUT2D eigenvalue weighted by molar-refractivity contribution is 5.85. The Balaban J connectivity index is 2.43. The van der Waals surface area contributed by atoms with E-state index in [9.17, 15) is 9.90 Å². The second-order valence-electron chi connectivity index (χ2n) is 3.66. The number of carboxylic acids is 1. The predicted octanol–water partition coefficient (Wildman–Crippen LogP) is 1.09. The summed E-state index contributed by atoms with van der Waals surface area (Å²) in [6.45, 7) is 0. The Morgan fingerprint density at radius 3 is 2.50 bits per heavy atom. The molecule has 1 saturated carbocycles. The number of hydrogen-bond donors (Lipinski definition) is 3. The lowest BCUT2D eigenvalue weighted by Gasteiger charge is -2.10. The molecule has 0 amide bonds. The summed E-state index contributed by atoms with van der Waals surface area (Å²) in [5.41, 5.74) is 5.67. The van der Waals surface area contributed by atoms with Crippen molar-refractivity contribution in [3.05, 3.63) is 23.8 Å². The van der Waals surface area contributed by atoms with Crippen molar-refractivity contribution in [3.63, 3.8) is 0 Å². The van der Waals surface area contributed by atoms with Crippen LogP contribution in [-0.4, -0.2) is 16.2 Å². The van der Waals surface area contributed by atoms with Gasteiger partial charge >= 0.3 is 5.97 Å². The zero-order valence-electron chi connectivity index (χ0n) is 7.53. The first kappa shape index (κ1) is 8.87. The quantitative estimate of drug-likeness (QED) is 0.485. The minimum absolute atomic E-state index is 0.00469. The van der Waals surface area contributed by atoms with Gasteiger partial charge in [0.05, 0.1) is 11.1 Å². The van der Waals surface area contributed by atoms with Crippen LogP contribution >= 0.6 is 0 Å². The van der Waals surface area contributed by atoms with Crippen LogP contribution in [0.1, 0.15) is 18.4 Å². The van der Waals surface area contributed by atoms with Crippen molar-refractivity contribution in [1.82, 2.24) is 0 Å². The van der Waals surface area contributed by atoms with E-state index < -0.39 is 11.4 Å². The average molecular weight is 193 g/mol. The Labute approximate surface area is 81.0 Å². The number of aliphatic carboxylic acids is 1. The van der Waals surface area contributed by atoms with Crippen molar-refractivity contribution >= 4 is 11.7 Å². The lowest BCUT2D eigenvalue weighted by molar-refractivity contribution is -0.140. The van der Waals surface area contributed by atoms with E-state index in [0.29, 0.717) is 18.4 Å². The zero-order valence-corrected chi connectivity index (χ0v) is 7.53. The lowest BCUT2D eigenvalue weighted by atomic mass is 9.95. The molecule has 2 rings (SSSR count). The van der Waals surface area contributed by atoms with Crippen molar-refractivity contribution < 1.29 is 15.0 Å². The molecule has 0 aromatic heterocycles. The van der Waals surface area contributed by atoms with Gasteiger partial charge in [-0.25, -0.2) is 0 Å². The number of nitrogens with two attached hydrogens (primary N) is 1. The molecule has 0 unspecified atom stereocenters. The van der Waals surface area contributed by atoms with Crippen molar-refractivity contribution in [2.45, 2.75) is 18.3 Å². The Kier molecular flexibility index (Phi) is 1.67. The van der Waals surface area contributed by atoms with Gasteiger partial charge in [0, 0.05) is 0 Å². The molecule has 4 nitrogen and oxygen atoms in total. The highest BCUT2D eigenvalue weighted by Crippen LogP contribution is 2.49. The fourth-order valence-electron chi connectivity index (χ4n) is 1.60. The number of aromatic hydroxyl groups is 1. The van der Waals surface area contributed by atoms with E-state index in [0.717, 1.165) is 0 Å². The molecule has 0 heterocycles. The normalized spacial score (nSPS) is 17.7. The van der Waals surface area contributed by atoms with Crippen molar-refractivity contribution in [2.75, 3.05) is 5.73 Å². The van der Waals surface area contributed by atoms with Gasteiger partial charge in [-0.3, -0.25) is 4.79 Å². The third-order valence-corrected chi connectivity index (χ3v) is 2.74. The van der Waals surface area contributed by atoms with E-state index in [-0.39, 0.29) is 11.4 Å². The molecule has 0 saturated heterocycles. The summed E-state index contributed by atoms with van der Waals surface area (Å²) >= 11 is 0. The molecule has 0 radical (unpaired) electrons. The lowest BCUT2D eigenvalue weighted by Crippen LogP contribution is -2.19. The molecule has 1 fully saturated rings. The molecule has 0 aliphatic heterocycles. The molecule has 0 atom stereocenters. The fraction of sp³-hybridized carbons (Fsp3) is 0.300. The maximum Gasteiger partial charge on any atom is 0.314 e. The van der Waals surface area contributed by atoms with Crippen LogP contribution in [0.4, 0.5) is 5.69 Å². The van der Waals surface area contributed by atoms with Gasteiger partial charge in [0.15, 0.2) is 0 Å². The maximum atomic E-state index is 11.0. The average Bonchev–Trinajstić information content (AvgIpc) is 2.90. The van der Waals surface area contributed by atoms with Crippen molar-refractivity contribution in [1.29, 1.82) is 0 Å². The van der Waals surface area contributed by atoms with E-state index in [1.807, 2.05) is 0 Å². The largest absolute Gasteiger partial charge is 0.506 e. The predicted molar refractivity (Wildman–Crippen MR) is 51.1 cm³/mol. The van der Waals surface area contributed by atoms with E-state index in [4.69, 9.17) is 10.8 Å². The van der Waals surface area contributed by atoms with Crippen LogP contribution in [0.15, 0.2) is 18.2 Å². The molecular formula is C10H11NO3. The minimum Gasteiger partial charge on any atom is -0.506 e. The Morgan fingerprint density at radius 1 is 1.43 bits per heavy atom. The zero-order chi connectivity index (χ0) is 10.3. The highest BCUT2D eigenvalue weighted by Gasteiger charge is 2.51. The molecule has 1 aliphatic carbocycles. The Morgan fingerprint density at radius 2 is 2.07 bits per heavy atom. The summed E-state index contributed by atoms with van der Waals surface area (Å²) in [6.07, 6.45) is 1.29. The van der Waals surface area contributed by atoms with Gasteiger partial charge < -0.3 is 15.9 Å². The summed E-state index contributed by atoms with van der Waals surface area (Å²) in [6, 6.07) is 4.59. The summed E-state index contributed by atoms with van der Waals surface area (Å²) in [5, 5.41) is 18.2. The van der Waals surface area contributed by atoms with Gasteiger partial charge in [-0.05, 0) is 30.5 Å². The second kappa shape index (κ2) is 2.64. The van der Waals surface area contributed by atoms with Gasteiger partial charge in [0.1, 0.15) is 5.75 Å². The number of rotatable bonds is 2. The summed E-state index contributed by atoms with van der Waals surface area (Å²) in [5.74, 6) is -0.822. The molecule has 4 heteroatoms. The summed E-state index contributed by atoms with van der Waals surface area (Å²) in [4.78, 5) is 11.0. The van der Waals surface area contributed by atoms with Crippen LogP contribution in [0, 0.1) is 0 Å². The monoisotopic (exact) mass is 193 g/mol. The smallest absolute Gasteiger partial charge is 0.314 e. The maximum absolute atomic E-state index is 11.0. The summed E-state index contributed by atoms with van der Waals surface area (Å²) < 4.78 is 0. The number of carbonyl (C=O) groups is 1. The van der Waals surface area contributed by atoms with Crippen molar-refractivity contribution in [3.8, 4) is 5.75 Å². The number of phenols is 1. The van der Waals surface area contributed by atoms with Gasteiger partial charge in [-0.1, -0.05) is 6.07 Å². The first-order chi connectivity index (χ1) is 6.56. The third kappa shape index (κ3) is 1.11. The molecule has 0 spiro atoms. The summed E-state index contributed by atoms with van der Waals surface area (Å²) in [7, 11) is 0. The number of phenolic OH excluding ortho intramolecular Hbond substituents is 1. The van der Waals surface area contributed by atoms with E-state index in [1.54, 1.807) is 6.07 Å². The van der Waals surface area contributed by atoms with E-state index in [1.165, 1.54) is 12.1 Å². The van der Waals surface area contributed by atoms with E-state index in [2.05, 4.69) is 0 Å². The van der Waals surface area contributed by atoms with Crippen LogP contribution in [-0.2, 0) is 10.2 Å².